The maximum absolute atomic E-state index is 13.3. The maximum Gasteiger partial charge on any atom is 0.338 e. The lowest BCUT2D eigenvalue weighted by Crippen LogP contribution is -2.39. The van der Waals surface area contributed by atoms with Crippen molar-refractivity contribution in [1.29, 1.82) is 0 Å². The molecule has 0 bridgehead atoms. The number of aromatic nitrogens is 1. The Morgan fingerprint density at radius 2 is 2.07 bits per heavy atom. The molecule has 1 aliphatic heterocycles. The maximum atomic E-state index is 13.3. The number of carbonyl (C=O) groups excluding carboxylic acids is 1. The number of hydrogen-bond donors (Lipinski definition) is 0. The van der Waals surface area contributed by atoms with Crippen molar-refractivity contribution < 1.29 is 9.53 Å². The van der Waals surface area contributed by atoms with Gasteiger partial charge in [-0.15, -0.1) is 11.3 Å². The van der Waals surface area contributed by atoms with Crippen molar-refractivity contribution in [1.82, 2.24) is 4.57 Å². The van der Waals surface area contributed by atoms with Crippen LogP contribution in [0.5, 0.6) is 0 Å². The van der Waals surface area contributed by atoms with Crippen LogP contribution in [0.2, 0.25) is 0 Å². The SMILES string of the molecule is CCOC(=O)C1=C(C)N=c2s/c(=C\c3ccc(Br)cc3)c(=O)n2C1c1cccs1. The van der Waals surface area contributed by atoms with Crippen LogP contribution in [-0.4, -0.2) is 17.1 Å². The fourth-order valence-electron chi connectivity index (χ4n) is 3.22. The molecule has 148 valence electrons. The van der Waals surface area contributed by atoms with Gasteiger partial charge in [-0.3, -0.25) is 9.36 Å². The number of nitrogens with zero attached hydrogens (tertiary/aromatic N) is 2. The van der Waals surface area contributed by atoms with Crippen molar-refractivity contribution in [2.45, 2.75) is 19.9 Å². The number of allylic oxidation sites excluding steroid dienone is 1. The zero-order valence-electron chi connectivity index (χ0n) is 15.7. The molecule has 1 aliphatic rings. The number of carbonyl (C=O) groups is 1. The molecule has 0 radical (unpaired) electrons. The summed E-state index contributed by atoms with van der Waals surface area (Å²) in [4.78, 5) is 32.1. The van der Waals surface area contributed by atoms with Gasteiger partial charge >= 0.3 is 5.97 Å². The second kappa shape index (κ2) is 8.22. The Morgan fingerprint density at radius 1 is 1.31 bits per heavy atom. The summed E-state index contributed by atoms with van der Waals surface area (Å²) in [5.41, 5.74) is 1.76. The van der Waals surface area contributed by atoms with Crippen molar-refractivity contribution in [3.63, 3.8) is 0 Å². The van der Waals surface area contributed by atoms with Crippen LogP contribution in [0.4, 0.5) is 0 Å². The molecule has 8 heteroatoms. The van der Waals surface area contributed by atoms with E-state index < -0.39 is 12.0 Å². The summed E-state index contributed by atoms with van der Waals surface area (Å²) < 4.78 is 8.43. The first-order chi connectivity index (χ1) is 14.0. The van der Waals surface area contributed by atoms with Gasteiger partial charge in [-0.2, -0.15) is 0 Å². The van der Waals surface area contributed by atoms with Crippen LogP contribution in [-0.2, 0) is 9.53 Å². The highest BCUT2D eigenvalue weighted by Crippen LogP contribution is 2.33. The van der Waals surface area contributed by atoms with Crippen molar-refractivity contribution in [2.24, 2.45) is 4.99 Å². The molecule has 0 amide bonds. The Balaban J connectivity index is 1.93. The molecule has 4 rings (SSSR count). The quantitative estimate of drug-likeness (QED) is 0.526. The van der Waals surface area contributed by atoms with Crippen molar-refractivity contribution in [3.05, 3.63) is 87.6 Å². The summed E-state index contributed by atoms with van der Waals surface area (Å²) in [5, 5.41) is 1.94. The molecule has 0 fully saturated rings. The van der Waals surface area contributed by atoms with Crippen LogP contribution < -0.4 is 14.9 Å². The van der Waals surface area contributed by atoms with Gasteiger partial charge in [-0.1, -0.05) is 45.5 Å². The third-order valence-electron chi connectivity index (χ3n) is 4.50. The van der Waals surface area contributed by atoms with E-state index in [0.717, 1.165) is 14.9 Å². The standard InChI is InChI=1S/C21H17BrN2O3S2/c1-3-27-20(26)17-12(2)23-21-24(18(17)15-5-4-10-28-15)19(25)16(29-21)11-13-6-8-14(22)9-7-13/h4-11,18H,3H2,1-2H3/b16-11-. The normalized spacial score (nSPS) is 16.5. The van der Waals surface area contributed by atoms with E-state index >= 15 is 0 Å². The molecule has 29 heavy (non-hydrogen) atoms. The number of thiophene rings is 1. The van der Waals surface area contributed by atoms with E-state index in [9.17, 15) is 9.59 Å². The number of fused-ring (bicyclic) bond motifs is 1. The molecule has 0 N–H and O–H groups in total. The fraction of sp³-hybridized carbons (Fsp3) is 0.190. The van der Waals surface area contributed by atoms with Gasteiger partial charge in [-0.05, 0) is 49.1 Å². The lowest BCUT2D eigenvalue weighted by Gasteiger charge is -2.23. The minimum Gasteiger partial charge on any atom is -0.463 e. The van der Waals surface area contributed by atoms with E-state index in [2.05, 4.69) is 20.9 Å². The first-order valence-corrected chi connectivity index (χ1v) is 11.5. The zero-order chi connectivity index (χ0) is 20.5. The second-order valence-corrected chi connectivity index (χ2v) is 9.27. The first kappa shape index (κ1) is 20.0. The van der Waals surface area contributed by atoms with Gasteiger partial charge in [0.05, 0.1) is 22.4 Å². The minimum atomic E-state index is -0.530. The predicted molar refractivity (Wildman–Crippen MR) is 119 cm³/mol. The highest BCUT2D eigenvalue weighted by molar-refractivity contribution is 9.10. The Hall–Kier alpha value is -2.29. The van der Waals surface area contributed by atoms with Crippen LogP contribution >= 0.6 is 38.6 Å². The molecule has 1 atom stereocenters. The Labute approximate surface area is 183 Å². The zero-order valence-corrected chi connectivity index (χ0v) is 18.9. The molecule has 3 heterocycles. The third kappa shape index (κ3) is 3.80. The second-order valence-electron chi connectivity index (χ2n) is 6.37. The average molecular weight is 489 g/mol. The lowest BCUT2D eigenvalue weighted by molar-refractivity contribution is -0.139. The highest BCUT2D eigenvalue weighted by atomic mass is 79.9. The van der Waals surface area contributed by atoms with Gasteiger partial charge in [0.15, 0.2) is 4.80 Å². The molecule has 0 saturated heterocycles. The molecule has 0 saturated carbocycles. The largest absolute Gasteiger partial charge is 0.463 e. The molecule has 1 unspecified atom stereocenters. The predicted octanol–water partition coefficient (Wildman–Crippen LogP) is 3.62. The molecular weight excluding hydrogens is 472 g/mol. The number of esters is 1. The van der Waals surface area contributed by atoms with Gasteiger partial charge < -0.3 is 4.74 Å². The van der Waals surface area contributed by atoms with Crippen LogP contribution in [0.1, 0.15) is 30.3 Å². The van der Waals surface area contributed by atoms with Crippen LogP contribution in [0, 0.1) is 0 Å². The number of hydrogen-bond acceptors (Lipinski definition) is 6. The van der Waals surface area contributed by atoms with E-state index in [1.54, 1.807) is 18.4 Å². The lowest BCUT2D eigenvalue weighted by atomic mass is 10.0. The van der Waals surface area contributed by atoms with Gasteiger partial charge in [0.25, 0.3) is 5.56 Å². The van der Waals surface area contributed by atoms with Gasteiger partial charge in [-0.25, -0.2) is 9.79 Å². The van der Waals surface area contributed by atoms with Crippen LogP contribution in [0.25, 0.3) is 6.08 Å². The number of thiazole rings is 1. The number of benzene rings is 1. The van der Waals surface area contributed by atoms with Crippen molar-refractivity contribution in [2.75, 3.05) is 6.61 Å². The van der Waals surface area contributed by atoms with E-state index in [1.807, 2.05) is 47.9 Å². The molecule has 1 aromatic carbocycles. The summed E-state index contributed by atoms with van der Waals surface area (Å²) in [5.74, 6) is -0.436. The minimum absolute atomic E-state index is 0.163. The summed E-state index contributed by atoms with van der Waals surface area (Å²) in [6.45, 7) is 3.82. The van der Waals surface area contributed by atoms with Crippen LogP contribution in [0.15, 0.2) is 67.3 Å². The summed E-state index contributed by atoms with van der Waals surface area (Å²) >= 11 is 6.25. The molecule has 0 aliphatic carbocycles. The number of ether oxygens (including phenoxy) is 1. The summed E-state index contributed by atoms with van der Waals surface area (Å²) in [6, 6.07) is 11.1. The fourth-order valence-corrected chi connectivity index (χ4v) is 5.35. The van der Waals surface area contributed by atoms with E-state index in [4.69, 9.17) is 4.74 Å². The van der Waals surface area contributed by atoms with Crippen LogP contribution in [0.3, 0.4) is 0 Å². The summed E-state index contributed by atoms with van der Waals surface area (Å²) in [7, 11) is 0. The first-order valence-electron chi connectivity index (χ1n) is 8.98. The number of halogens is 1. The third-order valence-corrected chi connectivity index (χ3v) is 6.93. The van der Waals surface area contributed by atoms with Crippen molar-refractivity contribution in [3.8, 4) is 0 Å². The van der Waals surface area contributed by atoms with E-state index in [-0.39, 0.29) is 12.2 Å². The molecule has 3 aromatic rings. The van der Waals surface area contributed by atoms with Gasteiger partial charge in [0.1, 0.15) is 6.04 Å². The number of rotatable bonds is 4. The Kier molecular flexibility index (Phi) is 5.67. The summed E-state index contributed by atoms with van der Waals surface area (Å²) in [6.07, 6.45) is 1.85. The monoisotopic (exact) mass is 488 g/mol. The molecule has 5 nitrogen and oxygen atoms in total. The molecule has 0 spiro atoms. The van der Waals surface area contributed by atoms with Gasteiger partial charge in [0, 0.05) is 9.35 Å². The molecular formula is C21H17BrN2O3S2. The Bertz CT molecular complexity index is 1270. The molecule has 2 aromatic heterocycles. The van der Waals surface area contributed by atoms with Crippen molar-refractivity contribution >= 4 is 50.6 Å². The topological polar surface area (TPSA) is 60.7 Å². The van der Waals surface area contributed by atoms with E-state index in [0.29, 0.717) is 20.6 Å². The smallest absolute Gasteiger partial charge is 0.338 e. The average Bonchev–Trinajstić information content (AvgIpc) is 3.32. The van der Waals surface area contributed by atoms with Gasteiger partial charge in [0.2, 0.25) is 0 Å². The van der Waals surface area contributed by atoms with E-state index in [1.165, 1.54) is 22.7 Å². The Morgan fingerprint density at radius 3 is 2.72 bits per heavy atom. The highest BCUT2D eigenvalue weighted by Gasteiger charge is 2.33.